The van der Waals surface area contributed by atoms with Crippen molar-refractivity contribution in [3.05, 3.63) is 9.81 Å². The third-order valence-electron chi connectivity index (χ3n) is 0.671. The molecule has 16 heteroatoms. The maximum atomic E-state index is 9.93. The minimum Gasteiger partial charge on any atom is -0.379 e. The van der Waals surface area contributed by atoms with Gasteiger partial charge in [0.15, 0.2) is 10.7 Å². The molecule has 0 saturated heterocycles. The Morgan fingerprint density at radius 2 is 1.21 bits per heavy atom. The summed E-state index contributed by atoms with van der Waals surface area (Å²) < 4.78 is 29.0. The van der Waals surface area contributed by atoms with Gasteiger partial charge in [-0.3, -0.25) is 9.59 Å². The number of nitrogens with zero attached hydrogens (tertiary/aromatic N) is 3. The molecule has 0 fully saturated rings. The number of amides is 2. The highest BCUT2D eigenvalue weighted by Gasteiger charge is 1.89. The van der Waals surface area contributed by atoms with Crippen LogP contribution >= 0.6 is 25.3 Å². The molecule has 0 saturated carbocycles. The van der Waals surface area contributed by atoms with Gasteiger partial charge in [0.05, 0.1) is 0 Å². The molecule has 0 aromatic heterocycles. The van der Waals surface area contributed by atoms with Crippen molar-refractivity contribution in [1.29, 1.82) is 0 Å². The lowest BCUT2D eigenvalue weighted by Crippen LogP contribution is -2.13. The molecule has 0 spiro atoms. The van der Waals surface area contributed by atoms with Gasteiger partial charge in [-0.25, -0.2) is 0 Å². The smallest absolute Gasteiger partial charge is 0.379 e. The lowest BCUT2D eigenvalue weighted by molar-refractivity contribution is 0.00818. The van der Waals surface area contributed by atoms with Crippen LogP contribution in [0, 0.1) is 9.81 Å². The normalized spacial score (nSPS) is 6.75. The Morgan fingerprint density at radius 1 is 1.12 bits per heavy atom. The summed E-state index contributed by atoms with van der Waals surface area (Å²) >= 11 is 6.58. The molecule has 24 heavy (non-hydrogen) atoms. The van der Waals surface area contributed by atoms with Gasteiger partial charge < -0.3 is 26.8 Å². The molecular formula is C8H22F3N5O6S2. The van der Waals surface area contributed by atoms with E-state index in [1.54, 1.807) is 14.1 Å². The maximum absolute atomic E-state index is 9.93. The zero-order valence-corrected chi connectivity index (χ0v) is 14.8. The maximum Gasteiger partial charge on any atom is 0.379 e. The van der Waals surface area contributed by atoms with Crippen LogP contribution < -0.4 is 11.5 Å². The summed E-state index contributed by atoms with van der Waals surface area (Å²) in [5.74, 6) is 0. The molecule has 6 N–H and O–H groups in total. The van der Waals surface area contributed by atoms with Crippen LogP contribution in [0.25, 0.3) is 0 Å². The average molecular weight is 405 g/mol. The van der Waals surface area contributed by atoms with Gasteiger partial charge in [0.1, 0.15) is 0 Å². The Kier molecular flexibility index (Phi) is 67.9. The lowest BCUT2D eigenvalue weighted by atomic mass is 10.5. The van der Waals surface area contributed by atoms with Crippen molar-refractivity contribution in [3.63, 3.8) is 0 Å². The van der Waals surface area contributed by atoms with E-state index in [0.717, 1.165) is 13.0 Å². The molecule has 148 valence electrons. The summed E-state index contributed by atoms with van der Waals surface area (Å²) in [6.07, 6.45) is 1.10. The Bertz CT molecular complexity index is 266. The highest BCUT2D eigenvalue weighted by atomic mass is 32.1. The molecule has 0 radical (unpaired) electrons. The van der Waals surface area contributed by atoms with Crippen LogP contribution in [0.3, 0.4) is 0 Å². The molecule has 2 amide bonds. The number of rotatable bonds is 1. The zero-order valence-electron chi connectivity index (χ0n) is 13.0. The monoisotopic (exact) mass is 405 g/mol. The first-order valence-electron chi connectivity index (χ1n) is 5.30. The highest BCUT2D eigenvalue weighted by molar-refractivity contribution is 7.96. The van der Waals surface area contributed by atoms with Crippen LogP contribution in [-0.4, -0.2) is 53.1 Å². The third kappa shape index (κ3) is 731. The van der Waals surface area contributed by atoms with E-state index in [0.29, 0.717) is 0 Å². The molecule has 0 heterocycles. The number of nitrogens with two attached hydrogens (primary N) is 2. The fraction of sp³-hybridized carbons (Fsp3) is 0.750. The molecule has 0 aromatic rings. The topological polar surface area (TPSA) is 189 Å². The summed E-state index contributed by atoms with van der Waals surface area (Å²) in [5, 5.41) is 14.9. The number of carbonyl (C=O) groups excluding carboxylic acids is 2. The molecule has 0 aliphatic rings. The van der Waals surface area contributed by atoms with E-state index in [9.17, 15) is 18.0 Å². The minimum absolute atomic E-state index is 0.213. The number of thiol groups is 2. The van der Waals surface area contributed by atoms with Crippen LogP contribution in [0.5, 0.6) is 0 Å². The van der Waals surface area contributed by atoms with Gasteiger partial charge in [-0.1, -0.05) is 32.2 Å². The standard InChI is InChI=1S/C3H7NOS.C3H9N.CHF3.CH3NOS.2HNO2/c1-4(2)3(5)6;1-2-3-4;2*2-1(3)4;2*2-1-3/h1-2H3,(H,5,6);2-4H2,1H3;1H;(H3,2,3,4);2*(H,2,3). The van der Waals surface area contributed by atoms with E-state index in [1.165, 1.54) is 15.6 Å². The van der Waals surface area contributed by atoms with Gasteiger partial charge in [0.25, 0.3) is 10.5 Å². The minimum atomic E-state index is -3.67. The summed E-state index contributed by atoms with van der Waals surface area (Å²) in [6, 6.07) is 0. The first-order valence-corrected chi connectivity index (χ1v) is 6.19. The number of halogens is 3. The second-order valence-electron chi connectivity index (χ2n) is 2.71. The second kappa shape index (κ2) is 42.9. The predicted octanol–water partition coefficient (Wildman–Crippen LogP) is 2.41. The van der Waals surface area contributed by atoms with Crippen LogP contribution in [-0.2, 0) is 0 Å². The van der Waals surface area contributed by atoms with Crippen LogP contribution in [0.2, 0.25) is 0 Å². The number of hydrogen-bond acceptors (Lipinski definition) is 7. The van der Waals surface area contributed by atoms with Crippen molar-refractivity contribution in [2.24, 2.45) is 22.1 Å². The van der Waals surface area contributed by atoms with E-state index >= 15 is 0 Å². The van der Waals surface area contributed by atoms with Gasteiger partial charge in [0.2, 0.25) is 0 Å². The number of carbonyl (C=O) groups is 2. The molecule has 0 atom stereocenters. The average Bonchev–Trinajstić information content (AvgIpc) is 2.39. The Hall–Kier alpha value is -1.81. The number of primary amides is 1. The third-order valence-corrected chi connectivity index (χ3v) is 1.07. The van der Waals surface area contributed by atoms with Crippen molar-refractivity contribution in [2.75, 3.05) is 20.6 Å². The number of hydrogen-bond donors (Lipinski definition) is 6. The lowest BCUT2D eigenvalue weighted by Gasteiger charge is -2.01. The molecule has 0 aromatic carbocycles. The van der Waals surface area contributed by atoms with Crippen molar-refractivity contribution in [1.82, 2.24) is 4.90 Å². The Labute approximate surface area is 147 Å². The predicted molar refractivity (Wildman–Crippen MR) is 88.3 cm³/mol. The van der Waals surface area contributed by atoms with E-state index in [1.807, 2.05) is 0 Å². The van der Waals surface area contributed by atoms with Crippen molar-refractivity contribution in [3.8, 4) is 0 Å². The van der Waals surface area contributed by atoms with Gasteiger partial charge in [0, 0.05) is 14.1 Å². The molecule has 0 unspecified atom stereocenters. The van der Waals surface area contributed by atoms with E-state index in [2.05, 4.69) is 37.9 Å². The fourth-order valence-electron chi connectivity index (χ4n) is 0. The highest BCUT2D eigenvalue weighted by Crippen LogP contribution is 1.87. The molecule has 0 rings (SSSR count). The zero-order chi connectivity index (χ0) is 21.1. The van der Waals surface area contributed by atoms with Crippen molar-refractivity contribution < 1.29 is 33.2 Å². The molecule has 0 bridgehead atoms. The Morgan fingerprint density at radius 3 is 1.21 bits per heavy atom. The first-order chi connectivity index (χ1) is 10.8. The largest absolute Gasteiger partial charge is 0.379 e. The second-order valence-corrected chi connectivity index (χ2v) is 3.54. The van der Waals surface area contributed by atoms with Gasteiger partial charge in [-0.15, -0.1) is 9.81 Å². The van der Waals surface area contributed by atoms with E-state index in [4.69, 9.17) is 30.8 Å². The fourth-order valence-corrected chi connectivity index (χ4v) is 0. The quantitative estimate of drug-likeness (QED) is 0.219. The van der Waals surface area contributed by atoms with Crippen LogP contribution in [0.4, 0.5) is 22.8 Å². The SMILES string of the molecule is CCCN.CN(C)C(=O)S.FC(F)F.NC(=O)S.O=NO.O=NO. The van der Waals surface area contributed by atoms with Gasteiger partial charge >= 0.3 is 6.68 Å². The molecule has 11 nitrogen and oxygen atoms in total. The van der Waals surface area contributed by atoms with E-state index < -0.39 is 11.9 Å². The molecule has 0 aliphatic heterocycles. The number of alkyl halides is 3. The van der Waals surface area contributed by atoms with Gasteiger partial charge in [-0.2, -0.15) is 13.2 Å². The first kappa shape index (κ1) is 38.0. The van der Waals surface area contributed by atoms with Crippen LogP contribution in [0.1, 0.15) is 13.3 Å². The summed E-state index contributed by atoms with van der Waals surface area (Å²) in [5.41, 5.74) is 9.36. The Balaban J connectivity index is -0.0000000413. The molecule has 0 aliphatic carbocycles. The van der Waals surface area contributed by atoms with Crippen LogP contribution in [0.15, 0.2) is 10.7 Å². The molecular weight excluding hydrogens is 383 g/mol. The van der Waals surface area contributed by atoms with Crippen molar-refractivity contribution >= 4 is 35.7 Å². The summed E-state index contributed by atoms with van der Waals surface area (Å²) in [4.78, 5) is 36.6. The van der Waals surface area contributed by atoms with Crippen molar-refractivity contribution in [2.45, 2.75) is 20.0 Å². The summed E-state index contributed by atoms with van der Waals surface area (Å²) in [7, 11) is 3.30. The van der Waals surface area contributed by atoms with E-state index in [-0.39, 0.29) is 5.24 Å². The summed E-state index contributed by atoms with van der Waals surface area (Å²) in [6.45, 7) is -0.792. The van der Waals surface area contributed by atoms with Gasteiger partial charge in [-0.05, 0) is 13.0 Å².